The van der Waals surface area contributed by atoms with Gasteiger partial charge in [0.05, 0.1) is 0 Å². The number of carbonyl (C=O) groups is 2. The number of carboxylic acids is 1. The number of nitrogens with one attached hydrogen (secondary N) is 2. The Morgan fingerprint density at radius 1 is 1.62 bits per heavy atom. The van der Waals surface area contributed by atoms with Crippen molar-refractivity contribution in [3.63, 3.8) is 0 Å². The molecule has 1 rings (SSSR count). The highest BCUT2D eigenvalue weighted by atomic mass is 32.2. The van der Waals surface area contributed by atoms with Gasteiger partial charge in [-0.25, -0.2) is 4.79 Å². The second kappa shape index (κ2) is 6.75. The Morgan fingerprint density at radius 2 is 2.38 bits per heavy atom. The summed E-state index contributed by atoms with van der Waals surface area (Å²) in [6.45, 7) is 2.66. The van der Waals surface area contributed by atoms with Crippen molar-refractivity contribution in [1.29, 1.82) is 0 Å². The average molecular weight is 246 g/mol. The SMILES string of the molecule is CC[C@H](NC(=O)CC1CSCCN1)C(=O)O. The molecule has 5 nitrogen and oxygen atoms in total. The van der Waals surface area contributed by atoms with Crippen molar-refractivity contribution in [3.05, 3.63) is 0 Å². The van der Waals surface area contributed by atoms with Crippen LogP contribution in [0.15, 0.2) is 0 Å². The third kappa shape index (κ3) is 4.40. The predicted octanol–water partition coefficient (Wildman–Crippen LogP) is 0.0609. The van der Waals surface area contributed by atoms with E-state index in [2.05, 4.69) is 10.6 Å². The molecule has 1 aliphatic rings. The van der Waals surface area contributed by atoms with E-state index in [1.54, 1.807) is 6.92 Å². The average Bonchev–Trinajstić information content (AvgIpc) is 2.27. The number of carbonyl (C=O) groups excluding carboxylic acids is 1. The first kappa shape index (κ1) is 13.3. The quantitative estimate of drug-likeness (QED) is 0.639. The summed E-state index contributed by atoms with van der Waals surface area (Å²) in [5, 5.41) is 14.6. The van der Waals surface area contributed by atoms with Gasteiger partial charge in [0.1, 0.15) is 6.04 Å². The highest BCUT2D eigenvalue weighted by molar-refractivity contribution is 7.99. The van der Waals surface area contributed by atoms with Gasteiger partial charge in [0.15, 0.2) is 0 Å². The van der Waals surface area contributed by atoms with Gasteiger partial charge in [0.2, 0.25) is 5.91 Å². The monoisotopic (exact) mass is 246 g/mol. The first-order valence-corrected chi connectivity index (χ1v) is 6.62. The number of hydrogen-bond acceptors (Lipinski definition) is 4. The van der Waals surface area contributed by atoms with Crippen molar-refractivity contribution in [3.8, 4) is 0 Å². The molecule has 0 aromatic heterocycles. The molecular weight excluding hydrogens is 228 g/mol. The van der Waals surface area contributed by atoms with Gasteiger partial charge in [0, 0.05) is 30.5 Å². The maximum Gasteiger partial charge on any atom is 0.326 e. The smallest absolute Gasteiger partial charge is 0.326 e. The van der Waals surface area contributed by atoms with Crippen molar-refractivity contribution in [1.82, 2.24) is 10.6 Å². The Labute approximate surface area is 99.4 Å². The molecule has 0 aromatic rings. The lowest BCUT2D eigenvalue weighted by Crippen LogP contribution is -2.45. The Balaban J connectivity index is 2.31. The van der Waals surface area contributed by atoms with Crippen molar-refractivity contribution in [2.45, 2.75) is 31.8 Å². The summed E-state index contributed by atoms with van der Waals surface area (Å²) < 4.78 is 0. The summed E-state index contributed by atoms with van der Waals surface area (Å²) in [6, 6.07) is -0.589. The molecule has 2 atom stereocenters. The summed E-state index contributed by atoms with van der Waals surface area (Å²) in [5.41, 5.74) is 0. The highest BCUT2D eigenvalue weighted by Crippen LogP contribution is 2.10. The van der Waals surface area contributed by atoms with Crippen molar-refractivity contribution in [2.75, 3.05) is 18.1 Å². The number of aliphatic carboxylic acids is 1. The van der Waals surface area contributed by atoms with Crippen LogP contribution in [-0.4, -0.2) is 47.1 Å². The molecule has 1 unspecified atom stereocenters. The van der Waals surface area contributed by atoms with Crippen LogP contribution >= 0.6 is 11.8 Å². The molecule has 92 valence electrons. The molecule has 0 saturated carbocycles. The minimum absolute atomic E-state index is 0.171. The van der Waals surface area contributed by atoms with Crippen LogP contribution in [0.1, 0.15) is 19.8 Å². The minimum Gasteiger partial charge on any atom is -0.480 e. The van der Waals surface area contributed by atoms with Gasteiger partial charge in [-0.2, -0.15) is 11.8 Å². The van der Waals surface area contributed by atoms with Gasteiger partial charge in [-0.15, -0.1) is 0 Å². The van der Waals surface area contributed by atoms with E-state index in [0.717, 1.165) is 18.1 Å². The van der Waals surface area contributed by atoms with E-state index in [0.29, 0.717) is 12.8 Å². The molecule has 1 heterocycles. The van der Waals surface area contributed by atoms with E-state index in [9.17, 15) is 9.59 Å². The van der Waals surface area contributed by atoms with Crippen LogP contribution in [0.4, 0.5) is 0 Å². The van der Waals surface area contributed by atoms with E-state index in [-0.39, 0.29) is 11.9 Å². The second-order valence-corrected chi connectivity index (χ2v) is 4.95. The lowest BCUT2D eigenvalue weighted by atomic mass is 10.2. The largest absolute Gasteiger partial charge is 0.480 e. The molecule has 0 radical (unpaired) electrons. The lowest BCUT2D eigenvalue weighted by molar-refractivity contribution is -0.141. The maximum absolute atomic E-state index is 11.6. The van der Waals surface area contributed by atoms with Gasteiger partial charge >= 0.3 is 5.97 Å². The Hall–Kier alpha value is -0.750. The van der Waals surface area contributed by atoms with Gasteiger partial charge in [-0.05, 0) is 6.42 Å². The van der Waals surface area contributed by atoms with E-state index in [1.165, 1.54) is 0 Å². The van der Waals surface area contributed by atoms with Gasteiger partial charge in [-0.3, -0.25) is 4.79 Å². The number of carboxylic acid groups (broad SMARTS) is 1. The van der Waals surface area contributed by atoms with Crippen molar-refractivity contribution < 1.29 is 14.7 Å². The molecule has 1 aliphatic heterocycles. The maximum atomic E-state index is 11.6. The predicted molar refractivity (Wildman–Crippen MR) is 63.6 cm³/mol. The molecule has 1 amide bonds. The van der Waals surface area contributed by atoms with E-state index < -0.39 is 12.0 Å². The van der Waals surface area contributed by atoms with Crippen LogP contribution in [0.2, 0.25) is 0 Å². The van der Waals surface area contributed by atoms with Crippen molar-refractivity contribution >= 4 is 23.6 Å². The molecule has 1 fully saturated rings. The highest BCUT2D eigenvalue weighted by Gasteiger charge is 2.21. The summed E-state index contributed by atoms with van der Waals surface area (Å²) in [4.78, 5) is 22.3. The lowest BCUT2D eigenvalue weighted by Gasteiger charge is -2.23. The zero-order valence-corrected chi connectivity index (χ0v) is 10.2. The van der Waals surface area contributed by atoms with E-state index in [4.69, 9.17) is 5.11 Å². The summed E-state index contributed by atoms with van der Waals surface area (Å²) in [7, 11) is 0. The van der Waals surface area contributed by atoms with E-state index in [1.807, 2.05) is 11.8 Å². The molecule has 0 aromatic carbocycles. The van der Waals surface area contributed by atoms with Crippen LogP contribution in [-0.2, 0) is 9.59 Å². The van der Waals surface area contributed by atoms with E-state index >= 15 is 0 Å². The molecule has 16 heavy (non-hydrogen) atoms. The number of hydrogen-bond donors (Lipinski definition) is 3. The van der Waals surface area contributed by atoms with Crippen LogP contribution in [0.3, 0.4) is 0 Å². The summed E-state index contributed by atoms with van der Waals surface area (Å²) >= 11 is 1.82. The molecule has 1 saturated heterocycles. The number of rotatable bonds is 5. The fourth-order valence-electron chi connectivity index (χ4n) is 1.57. The van der Waals surface area contributed by atoms with Crippen molar-refractivity contribution in [2.24, 2.45) is 0 Å². The number of amides is 1. The van der Waals surface area contributed by atoms with Crippen LogP contribution in [0, 0.1) is 0 Å². The van der Waals surface area contributed by atoms with Crippen LogP contribution < -0.4 is 10.6 Å². The first-order chi connectivity index (χ1) is 7.63. The van der Waals surface area contributed by atoms with Crippen LogP contribution in [0.5, 0.6) is 0 Å². The fraction of sp³-hybridized carbons (Fsp3) is 0.800. The first-order valence-electron chi connectivity index (χ1n) is 5.46. The molecule has 0 bridgehead atoms. The van der Waals surface area contributed by atoms with Gasteiger partial charge in [-0.1, -0.05) is 6.92 Å². The second-order valence-electron chi connectivity index (χ2n) is 3.80. The molecule has 0 spiro atoms. The molecule has 3 N–H and O–H groups in total. The Bertz CT molecular complexity index is 254. The Kier molecular flexibility index (Phi) is 5.62. The third-order valence-corrected chi connectivity index (χ3v) is 3.60. The van der Waals surface area contributed by atoms with Gasteiger partial charge < -0.3 is 15.7 Å². The molecule has 0 aliphatic carbocycles. The Morgan fingerprint density at radius 3 is 2.88 bits per heavy atom. The summed E-state index contributed by atoms with van der Waals surface area (Å²) in [5.74, 6) is 0.832. The molecule has 6 heteroatoms. The van der Waals surface area contributed by atoms with Gasteiger partial charge in [0.25, 0.3) is 0 Å². The number of thioether (sulfide) groups is 1. The third-order valence-electron chi connectivity index (χ3n) is 2.47. The molecular formula is C10H18N2O3S. The fourth-order valence-corrected chi connectivity index (χ4v) is 2.52. The zero-order chi connectivity index (χ0) is 12.0. The summed E-state index contributed by atoms with van der Waals surface area (Å²) in [6.07, 6.45) is 0.769. The zero-order valence-electron chi connectivity index (χ0n) is 9.36. The minimum atomic E-state index is -0.971. The normalized spacial score (nSPS) is 22.4. The standard InChI is InChI=1S/C10H18N2O3S/c1-2-8(10(14)15)12-9(13)5-7-6-16-4-3-11-7/h7-8,11H,2-6H2,1H3,(H,12,13)(H,14,15)/t7?,8-/m0/s1. The van der Waals surface area contributed by atoms with Crippen LogP contribution in [0.25, 0.3) is 0 Å². The topological polar surface area (TPSA) is 78.4 Å².